The van der Waals surface area contributed by atoms with Gasteiger partial charge in [-0.15, -0.1) is 0 Å². The first kappa shape index (κ1) is 13.1. The summed E-state index contributed by atoms with van der Waals surface area (Å²) in [5.74, 6) is 0. The van der Waals surface area contributed by atoms with Crippen LogP contribution in [0.5, 0.6) is 0 Å². The number of morpholine rings is 1. The Balaban J connectivity index is 1.68. The minimum Gasteiger partial charge on any atom is -0.371 e. The first-order valence-electron chi connectivity index (χ1n) is 7.07. The van der Waals surface area contributed by atoms with E-state index in [4.69, 9.17) is 4.74 Å². The van der Waals surface area contributed by atoms with Crippen LogP contribution in [-0.4, -0.2) is 19.7 Å². The van der Waals surface area contributed by atoms with Crippen molar-refractivity contribution in [1.29, 1.82) is 0 Å². The summed E-state index contributed by atoms with van der Waals surface area (Å²) in [5.41, 5.74) is 3.67. The summed E-state index contributed by atoms with van der Waals surface area (Å²) in [4.78, 5) is 0. The molecule has 1 aliphatic rings. The number of rotatable bonds is 3. The second-order valence-corrected chi connectivity index (χ2v) is 4.97. The lowest BCUT2D eigenvalue weighted by Crippen LogP contribution is -2.33. The third kappa shape index (κ3) is 3.35. The molecule has 1 heterocycles. The van der Waals surface area contributed by atoms with Crippen molar-refractivity contribution in [2.24, 2.45) is 0 Å². The molecule has 2 aromatic rings. The van der Waals surface area contributed by atoms with Crippen LogP contribution in [0, 0.1) is 0 Å². The SMILES string of the molecule is C(=Cc1ccc(C2CNCCO2)cc1)c1ccccc1. The Morgan fingerprint density at radius 2 is 1.60 bits per heavy atom. The third-order valence-electron chi connectivity index (χ3n) is 3.50. The van der Waals surface area contributed by atoms with Crippen molar-refractivity contribution in [3.05, 3.63) is 71.3 Å². The quantitative estimate of drug-likeness (QED) is 0.857. The van der Waals surface area contributed by atoms with E-state index >= 15 is 0 Å². The van der Waals surface area contributed by atoms with E-state index in [1.807, 2.05) is 6.07 Å². The molecule has 0 aliphatic carbocycles. The lowest BCUT2D eigenvalue weighted by Gasteiger charge is -2.23. The second-order valence-electron chi connectivity index (χ2n) is 4.97. The van der Waals surface area contributed by atoms with E-state index in [1.54, 1.807) is 0 Å². The van der Waals surface area contributed by atoms with Gasteiger partial charge >= 0.3 is 0 Å². The molecule has 3 rings (SSSR count). The molecule has 0 aromatic heterocycles. The largest absolute Gasteiger partial charge is 0.371 e. The first-order valence-corrected chi connectivity index (χ1v) is 7.07. The molecular formula is C18H19NO. The molecule has 2 nitrogen and oxygen atoms in total. The lowest BCUT2D eigenvalue weighted by atomic mass is 10.1. The van der Waals surface area contributed by atoms with Crippen LogP contribution in [0.2, 0.25) is 0 Å². The van der Waals surface area contributed by atoms with Crippen LogP contribution in [0.4, 0.5) is 0 Å². The average molecular weight is 265 g/mol. The van der Waals surface area contributed by atoms with Crippen LogP contribution < -0.4 is 5.32 Å². The van der Waals surface area contributed by atoms with Gasteiger partial charge in [-0.25, -0.2) is 0 Å². The highest BCUT2D eigenvalue weighted by molar-refractivity contribution is 5.69. The highest BCUT2D eigenvalue weighted by atomic mass is 16.5. The number of hydrogen-bond acceptors (Lipinski definition) is 2. The molecule has 2 heteroatoms. The molecule has 0 radical (unpaired) electrons. The van der Waals surface area contributed by atoms with Crippen molar-refractivity contribution in [3.63, 3.8) is 0 Å². The van der Waals surface area contributed by atoms with Gasteiger partial charge < -0.3 is 10.1 Å². The highest BCUT2D eigenvalue weighted by Crippen LogP contribution is 2.19. The summed E-state index contributed by atoms with van der Waals surface area (Å²) >= 11 is 0. The van der Waals surface area contributed by atoms with E-state index in [0.717, 1.165) is 19.7 Å². The number of hydrogen-bond donors (Lipinski definition) is 1. The van der Waals surface area contributed by atoms with Gasteiger partial charge in [0.05, 0.1) is 12.7 Å². The zero-order valence-electron chi connectivity index (χ0n) is 11.5. The Kier molecular flexibility index (Phi) is 4.26. The van der Waals surface area contributed by atoms with E-state index in [1.165, 1.54) is 16.7 Å². The van der Waals surface area contributed by atoms with Gasteiger partial charge in [0.2, 0.25) is 0 Å². The smallest absolute Gasteiger partial charge is 0.0949 e. The number of ether oxygens (including phenoxy) is 1. The molecule has 0 saturated carbocycles. The topological polar surface area (TPSA) is 21.3 Å². The van der Waals surface area contributed by atoms with E-state index < -0.39 is 0 Å². The van der Waals surface area contributed by atoms with Gasteiger partial charge in [-0.05, 0) is 16.7 Å². The zero-order valence-corrected chi connectivity index (χ0v) is 11.5. The fourth-order valence-electron chi connectivity index (χ4n) is 2.36. The molecule has 1 fully saturated rings. The molecule has 2 aromatic carbocycles. The van der Waals surface area contributed by atoms with Gasteiger partial charge in [0, 0.05) is 13.1 Å². The fourth-order valence-corrected chi connectivity index (χ4v) is 2.36. The average Bonchev–Trinajstić information content (AvgIpc) is 2.55. The van der Waals surface area contributed by atoms with Crippen LogP contribution >= 0.6 is 0 Å². The summed E-state index contributed by atoms with van der Waals surface area (Å²) in [7, 11) is 0. The van der Waals surface area contributed by atoms with Crippen molar-refractivity contribution in [2.75, 3.05) is 19.7 Å². The Labute approximate surface area is 120 Å². The maximum absolute atomic E-state index is 5.75. The summed E-state index contributed by atoms with van der Waals surface area (Å²) in [6.45, 7) is 2.65. The summed E-state index contributed by atoms with van der Waals surface area (Å²) in [5, 5.41) is 3.36. The summed E-state index contributed by atoms with van der Waals surface area (Å²) in [6, 6.07) is 18.9. The van der Waals surface area contributed by atoms with Crippen LogP contribution in [0.1, 0.15) is 22.8 Å². The second kappa shape index (κ2) is 6.51. The highest BCUT2D eigenvalue weighted by Gasteiger charge is 2.14. The predicted octanol–water partition coefficient (Wildman–Crippen LogP) is 3.52. The van der Waals surface area contributed by atoms with Crippen molar-refractivity contribution >= 4 is 12.2 Å². The molecule has 1 unspecified atom stereocenters. The molecule has 0 spiro atoms. The molecule has 1 saturated heterocycles. The Bertz CT molecular complexity index is 554. The predicted molar refractivity (Wildman–Crippen MR) is 83.4 cm³/mol. The minimum absolute atomic E-state index is 0.191. The third-order valence-corrected chi connectivity index (χ3v) is 3.50. The standard InChI is InChI=1S/C18H19NO/c1-2-4-15(5-3-1)6-7-16-8-10-17(11-9-16)18-14-19-12-13-20-18/h1-11,18-19H,12-14H2. The maximum atomic E-state index is 5.75. The first-order chi connectivity index (χ1) is 9.92. The minimum atomic E-state index is 0.191. The van der Waals surface area contributed by atoms with Gasteiger partial charge in [-0.2, -0.15) is 0 Å². The van der Waals surface area contributed by atoms with E-state index in [0.29, 0.717) is 0 Å². The van der Waals surface area contributed by atoms with Crippen molar-refractivity contribution in [1.82, 2.24) is 5.32 Å². The Morgan fingerprint density at radius 1 is 0.900 bits per heavy atom. The number of nitrogens with one attached hydrogen (secondary N) is 1. The Hall–Kier alpha value is -1.90. The van der Waals surface area contributed by atoms with Gasteiger partial charge in [-0.3, -0.25) is 0 Å². The van der Waals surface area contributed by atoms with Gasteiger partial charge in [0.25, 0.3) is 0 Å². The molecule has 20 heavy (non-hydrogen) atoms. The lowest BCUT2D eigenvalue weighted by molar-refractivity contribution is 0.0277. The van der Waals surface area contributed by atoms with Crippen LogP contribution in [0.25, 0.3) is 12.2 Å². The molecule has 0 bridgehead atoms. The normalized spacial score (nSPS) is 19.3. The van der Waals surface area contributed by atoms with Crippen LogP contribution in [-0.2, 0) is 4.74 Å². The zero-order chi connectivity index (χ0) is 13.6. The van der Waals surface area contributed by atoms with Gasteiger partial charge in [0.1, 0.15) is 0 Å². The fraction of sp³-hybridized carbons (Fsp3) is 0.222. The van der Waals surface area contributed by atoms with Crippen LogP contribution in [0.3, 0.4) is 0 Å². The van der Waals surface area contributed by atoms with Crippen molar-refractivity contribution < 1.29 is 4.74 Å². The summed E-state index contributed by atoms with van der Waals surface area (Å²) < 4.78 is 5.75. The molecule has 102 valence electrons. The molecular weight excluding hydrogens is 246 g/mol. The molecule has 1 aliphatic heterocycles. The molecule has 1 N–H and O–H groups in total. The van der Waals surface area contributed by atoms with Crippen LogP contribution in [0.15, 0.2) is 54.6 Å². The van der Waals surface area contributed by atoms with Gasteiger partial charge in [0.15, 0.2) is 0 Å². The van der Waals surface area contributed by atoms with E-state index in [2.05, 4.69) is 66.0 Å². The van der Waals surface area contributed by atoms with E-state index in [-0.39, 0.29) is 6.10 Å². The molecule has 1 atom stereocenters. The Morgan fingerprint density at radius 3 is 2.25 bits per heavy atom. The number of benzene rings is 2. The van der Waals surface area contributed by atoms with E-state index in [9.17, 15) is 0 Å². The maximum Gasteiger partial charge on any atom is 0.0949 e. The van der Waals surface area contributed by atoms with Crippen molar-refractivity contribution in [2.45, 2.75) is 6.10 Å². The molecule has 0 amide bonds. The monoisotopic (exact) mass is 265 g/mol. The van der Waals surface area contributed by atoms with Crippen molar-refractivity contribution in [3.8, 4) is 0 Å². The van der Waals surface area contributed by atoms with Gasteiger partial charge in [-0.1, -0.05) is 66.7 Å². The summed E-state index contributed by atoms with van der Waals surface area (Å²) in [6.07, 6.45) is 4.46.